The first-order valence-corrected chi connectivity index (χ1v) is 6.88. The molecule has 6 heteroatoms. The van der Waals surface area contributed by atoms with E-state index in [9.17, 15) is 9.18 Å². The van der Waals surface area contributed by atoms with Gasteiger partial charge >= 0.3 is 0 Å². The molecule has 0 unspecified atom stereocenters. The summed E-state index contributed by atoms with van der Waals surface area (Å²) in [5.74, 6) is -0.951. The van der Waals surface area contributed by atoms with Crippen LogP contribution in [-0.4, -0.2) is 5.91 Å². The van der Waals surface area contributed by atoms with Crippen molar-refractivity contribution in [3.8, 4) is 0 Å². The Kier molecular flexibility index (Phi) is 4.21. The second kappa shape index (κ2) is 5.71. The van der Waals surface area contributed by atoms with E-state index in [1.807, 2.05) is 0 Å². The highest BCUT2D eigenvalue weighted by atomic mass is 79.9. The van der Waals surface area contributed by atoms with Crippen LogP contribution in [0.15, 0.2) is 45.3 Å². The molecule has 0 heterocycles. The van der Waals surface area contributed by atoms with E-state index < -0.39 is 11.7 Å². The maximum atomic E-state index is 13.6. The van der Waals surface area contributed by atoms with Gasteiger partial charge in [-0.1, -0.05) is 12.1 Å². The number of para-hydroxylation sites is 1. The van der Waals surface area contributed by atoms with E-state index in [0.29, 0.717) is 20.2 Å². The molecule has 0 aliphatic rings. The maximum Gasteiger partial charge on any atom is 0.256 e. The number of nitrogen functional groups attached to an aromatic ring is 1. The Bertz CT molecular complexity index is 626. The predicted octanol–water partition coefficient (Wildman–Crippen LogP) is 4.19. The number of hydrogen-bond acceptors (Lipinski definition) is 2. The van der Waals surface area contributed by atoms with Crippen molar-refractivity contribution in [2.75, 3.05) is 11.1 Å². The molecule has 0 aliphatic carbocycles. The van der Waals surface area contributed by atoms with E-state index in [1.165, 1.54) is 6.07 Å². The number of nitrogens with two attached hydrogens (primary N) is 1. The van der Waals surface area contributed by atoms with Crippen LogP contribution in [0.2, 0.25) is 0 Å². The predicted molar refractivity (Wildman–Crippen MR) is 80.6 cm³/mol. The van der Waals surface area contributed by atoms with E-state index >= 15 is 0 Å². The number of anilines is 2. The lowest BCUT2D eigenvalue weighted by Crippen LogP contribution is -2.14. The molecule has 2 aromatic rings. The number of carbonyl (C=O) groups excluding carboxylic acids is 1. The molecule has 0 spiro atoms. The van der Waals surface area contributed by atoms with Crippen LogP contribution in [0.5, 0.6) is 0 Å². The van der Waals surface area contributed by atoms with Gasteiger partial charge < -0.3 is 11.1 Å². The molecule has 3 N–H and O–H groups in total. The summed E-state index contributed by atoms with van der Waals surface area (Å²) < 4.78 is 14.6. The highest BCUT2D eigenvalue weighted by molar-refractivity contribution is 9.11. The van der Waals surface area contributed by atoms with Crippen molar-refractivity contribution < 1.29 is 9.18 Å². The first-order chi connectivity index (χ1) is 9.00. The molecule has 0 atom stereocenters. The summed E-state index contributed by atoms with van der Waals surface area (Å²) in [6.07, 6.45) is 0. The van der Waals surface area contributed by atoms with Crippen LogP contribution < -0.4 is 11.1 Å². The Balaban J connectivity index is 2.34. The van der Waals surface area contributed by atoms with E-state index in [2.05, 4.69) is 37.2 Å². The Morgan fingerprint density at radius 2 is 1.84 bits per heavy atom. The zero-order valence-corrected chi connectivity index (χ0v) is 12.8. The minimum absolute atomic E-state index is 0.0989. The number of rotatable bonds is 2. The van der Waals surface area contributed by atoms with Crippen molar-refractivity contribution in [1.29, 1.82) is 0 Å². The van der Waals surface area contributed by atoms with Gasteiger partial charge in [0.15, 0.2) is 0 Å². The van der Waals surface area contributed by atoms with Gasteiger partial charge in [-0.3, -0.25) is 4.79 Å². The molecule has 0 aromatic heterocycles. The van der Waals surface area contributed by atoms with Gasteiger partial charge in [-0.05, 0) is 56.1 Å². The average molecular weight is 388 g/mol. The Morgan fingerprint density at radius 3 is 2.53 bits per heavy atom. The molecule has 3 nitrogen and oxygen atoms in total. The third-order valence-corrected chi connectivity index (χ3v) is 4.02. The lowest BCUT2D eigenvalue weighted by atomic mass is 10.2. The average Bonchev–Trinajstić information content (AvgIpc) is 2.37. The van der Waals surface area contributed by atoms with Crippen LogP contribution in [0.4, 0.5) is 15.8 Å². The molecule has 0 saturated carbocycles. The smallest absolute Gasteiger partial charge is 0.256 e. The molecule has 0 bridgehead atoms. The van der Waals surface area contributed by atoms with Gasteiger partial charge in [0.05, 0.1) is 15.7 Å². The number of hydrogen-bond donors (Lipinski definition) is 2. The Morgan fingerprint density at radius 1 is 1.16 bits per heavy atom. The van der Waals surface area contributed by atoms with Crippen molar-refractivity contribution >= 4 is 49.1 Å². The SMILES string of the molecule is Nc1cccc(C(=O)Nc2c(F)cccc2Br)c1Br. The summed E-state index contributed by atoms with van der Waals surface area (Å²) in [5, 5.41) is 2.52. The molecule has 0 radical (unpaired) electrons. The molecular weight excluding hydrogens is 379 g/mol. The third kappa shape index (κ3) is 2.96. The second-order valence-electron chi connectivity index (χ2n) is 3.76. The van der Waals surface area contributed by atoms with Gasteiger partial charge in [0.25, 0.3) is 5.91 Å². The normalized spacial score (nSPS) is 10.3. The van der Waals surface area contributed by atoms with Crippen LogP contribution >= 0.6 is 31.9 Å². The van der Waals surface area contributed by atoms with Gasteiger partial charge in [-0.15, -0.1) is 0 Å². The molecule has 0 saturated heterocycles. The minimum atomic E-state index is -0.511. The highest BCUT2D eigenvalue weighted by Gasteiger charge is 2.15. The van der Waals surface area contributed by atoms with E-state index in [-0.39, 0.29) is 5.69 Å². The lowest BCUT2D eigenvalue weighted by Gasteiger charge is -2.10. The highest BCUT2D eigenvalue weighted by Crippen LogP contribution is 2.28. The van der Waals surface area contributed by atoms with Crippen LogP contribution in [0, 0.1) is 5.82 Å². The first kappa shape index (κ1) is 14.0. The monoisotopic (exact) mass is 386 g/mol. The molecule has 1 amide bonds. The van der Waals surface area contributed by atoms with Gasteiger partial charge in [-0.25, -0.2) is 4.39 Å². The molecular formula is C13H9Br2FN2O. The van der Waals surface area contributed by atoms with Crippen molar-refractivity contribution in [2.45, 2.75) is 0 Å². The van der Waals surface area contributed by atoms with Crippen LogP contribution in [0.3, 0.4) is 0 Å². The molecule has 2 rings (SSSR count). The standard InChI is InChI=1S/C13H9Br2FN2O/c14-8-4-2-5-9(16)12(8)18-13(19)7-3-1-6-10(17)11(7)15/h1-6H,17H2,(H,18,19). The summed E-state index contributed by atoms with van der Waals surface area (Å²) in [4.78, 5) is 12.1. The van der Waals surface area contributed by atoms with Crippen molar-refractivity contribution in [3.63, 3.8) is 0 Å². The Hall–Kier alpha value is -1.40. The summed E-state index contributed by atoms with van der Waals surface area (Å²) in [6.45, 7) is 0. The summed E-state index contributed by atoms with van der Waals surface area (Å²) >= 11 is 6.43. The maximum absolute atomic E-state index is 13.6. The van der Waals surface area contributed by atoms with Crippen molar-refractivity contribution in [1.82, 2.24) is 0 Å². The fraction of sp³-hybridized carbons (Fsp3) is 0. The zero-order chi connectivity index (χ0) is 14.0. The fourth-order valence-electron chi connectivity index (χ4n) is 1.52. The van der Waals surface area contributed by atoms with E-state index in [0.717, 1.165) is 0 Å². The van der Waals surface area contributed by atoms with Crippen LogP contribution in [-0.2, 0) is 0 Å². The minimum Gasteiger partial charge on any atom is -0.398 e. The third-order valence-electron chi connectivity index (χ3n) is 2.47. The summed E-state index contributed by atoms with van der Waals surface area (Å²) in [6, 6.07) is 9.39. The molecule has 98 valence electrons. The van der Waals surface area contributed by atoms with Gasteiger partial charge in [0.1, 0.15) is 5.82 Å². The van der Waals surface area contributed by atoms with Gasteiger partial charge in [0, 0.05) is 10.2 Å². The number of carbonyl (C=O) groups is 1. The Labute approximate surface area is 126 Å². The summed E-state index contributed by atoms with van der Waals surface area (Å²) in [5.41, 5.74) is 6.59. The second-order valence-corrected chi connectivity index (χ2v) is 5.41. The largest absolute Gasteiger partial charge is 0.398 e. The number of amides is 1. The van der Waals surface area contributed by atoms with Crippen molar-refractivity contribution in [2.24, 2.45) is 0 Å². The number of halogens is 3. The lowest BCUT2D eigenvalue weighted by molar-refractivity contribution is 0.102. The molecule has 0 aliphatic heterocycles. The quantitative estimate of drug-likeness (QED) is 0.759. The first-order valence-electron chi connectivity index (χ1n) is 5.30. The fourth-order valence-corrected chi connectivity index (χ4v) is 2.41. The van der Waals surface area contributed by atoms with E-state index in [1.54, 1.807) is 30.3 Å². The van der Waals surface area contributed by atoms with Gasteiger partial charge in [-0.2, -0.15) is 0 Å². The molecule has 2 aromatic carbocycles. The number of nitrogens with one attached hydrogen (secondary N) is 1. The topological polar surface area (TPSA) is 55.1 Å². The van der Waals surface area contributed by atoms with Crippen LogP contribution in [0.25, 0.3) is 0 Å². The summed E-state index contributed by atoms with van der Waals surface area (Å²) in [7, 11) is 0. The number of benzene rings is 2. The molecule has 19 heavy (non-hydrogen) atoms. The zero-order valence-electron chi connectivity index (χ0n) is 9.58. The molecule has 0 fully saturated rings. The van der Waals surface area contributed by atoms with Gasteiger partial charge in [0.2, 0.25) is 0 Å². The van der Waals surface area contributed by atoms with E-state index in [4.69, 9.17) is 5.73 Å². The van der Waals surface area contributed by atoms with Crippen molar-refractivity contribution in [3.05, 3.63) is 56.7 Å². The van der Waals surface area contributed by atoms with Crippen LogP contribution in [0.1, 0.15) is 10.4 Å².